The molecule has 1 heterocycles. The lowest BCUT2D eigenvalue weighted by atomic mass is 10.1. The Morgan fingerprint density at radius 2 is 2.27 bits per heavy atom. The first-order chi connectivity index (χ1) is 5.24. The highest BCUT2D eigenvalue weighted by molar-refractivity contribution is 5.99. The van der Waals surface area contributed by atoms with E-state index in [0.29, 0.717) is 6.42 Å². The quantitative estimate of drug-likeness (QED) is 0.659. The Morgan fingerprint density at radius 1 is 1.55 bits per heavy atom. The van der Waals surface area contributed by atoms with Crippen molar-refractivity contribution in [3.05, 3.63) is 0 Å². The summed E-state index contributed by atoms with van der Waals surface area (Å²) in [6.07, 6.45) is 1.39. The molecule has 11 heavy (non-hydrogen) atoms. The Bertz CT molecular complexity index is 179. The van der Waals surface area contributed by atoms with Crippen molar-refractivity contribution in [1.29, 1.82) is 0 Å². The molecule has 0 aromatic heterocycles. The molecular formula is C7H11NO3. The number of imide groups is 1. The minimum atomic E-state index is -0.615. The Hall–Kier alpha value is -1.06. The van der Waals surface area contributed by atoms with Crippen molar-refractivity contribution in [2.45, 2.75) is 32.3 Å². The van der Waals surface area contributed by atoms with Gasteiger partial charge in [0.05, 0.1) is 0 Å². The maximum Gasteiger partial charge on any atom is 0.414 e. The standard InChI is InChI=1S/C7H11NO3/c1-2-3-4-5-6(9)8-7(10)11-5/h5H,2-4H2,1H3,(H,8,9,10)/t5-/m0/s1. The summed E-state index contributed by atoms with van der Waals surface area (Å²) in [4.78, 5) is 21.3. The Balaban J connectivity index is 2.34. The highest BCUT2D eigenvalue weighted by atomic mass is 16.6. The van der Waals surface area contributed by atoms with Crippen molar-refractivity contribution >= 4 is 12.0 Å². The number of carbonyl (C=O) groups excluding carboxylic acids is 2. The van der Waals surface area contributed by atoms with Crippen LogP contribution >= 0.6 is 0 Å². The summed E-state index contributed by atoms with van der Waals surface area (Å²) in [6, 6.07) is 0. The predicted molar refractivity (Wildman–Crippen MR) is 37.9 cm³/mol. The maximum atomic E-state index is 10.8. The van der Waals surface area contributed by atoms with Crippen molar-refractivity contribution in [3.8, 4) is 0 Å². The molecule has 4 nitrogen and oxygen atoms in total. The summed E-state index contributed by atoms with van der Waals surface area (Å²) in [5, 5.41) is 2.08. The number of alkyl carbamates (subject to hydrolysis) is 1. The van der Waals surface area contributed by atoms with E-state index in [2.05, 4.69) is 10.1 Å². The van der Waals surface area contributed by atoms with Gasteiger partial charge in [-0.05, 0) is 12.8 Å². The van der Waals surface area contributed by atoms with Crippen LogP contribution in [0, 0.1) is 0 Å². The average molecular weight is 157 g/mol. The third kappa shape index (κ3) is 1.93. The summed E-state index contributed by atoms with van der Waals surface area (Å²) < 4.78 is 4.68. The molecule has 0 unspecified atom stereocenters. The van der Waals surface area contributed by atoms with Crippen LogP contribution in [0.5, 0.6) is 0 Å². The molecule has 0 spiro atoms. The van der Waals surface area contributed by atoms with Gasteiger partial charge in [-0.25, -0.2) is 4.79 Å². The third-order valence-corrected chi connectivity index (χ3v) is 1.59. The van der Waals surface area contributed by atoms with Gasteiger partial charge in [-0.3, -0.25) is 10.1 Å². The van der Waals surface area contributed by atoms with E-state index in [0.717, 1.165) is 12.8 Å². The number of amides is 2. The number of hydrogen-bond donors (Lipinski definition) is 1. The molecule has 0 aromatic rings. The van der Waals surface area contributed by atoms with Crippen molar-refractivity contribution in [2.75, 3.05) is 0 Å². The van der Waals surface area contributed by atoms with Crippen LogP contribution in [0.25, 0.3) is 0 Å². The van der Waals surface area contributed by atoms with Gasteiger partial charge in [-0.1, -0.05) is 13.3 Å². The first kappa shape index (κ1) is 8.04. The van der Waals surface area contributed by atoms with Gasteiger partial charge >= 0.3 is 6.09 Å². The number of ether oxygens (including phenoxy) is 1. The Morgan fingerprint density at radius 3 is 2.73 bits per heavy atom. The van der Waals surface area contributed by atoms with Crippen LogP contribution in [-0.2, 0) is 9.53 Å². The van der Waals surface area contributed by atoms with Crippen LogP contribution in [0.3, 0.4) is 0 Å². The summed E-state index contributed by atoms with van der Waals surface area (Å²) in [7, 11) is 0. The second-order valence-electron chi connectivity index (χ2n) is 2.53. The van der Waals surface area contributed by atoms with E-state index in [-0.39, 0.29) is 5.91 Å². The average Bonchev–Trinajstić information content (AvgIpc) is 2.26. The van der Waals surface area contributed by atoms with Gasteiger partial charge in [-0.2, -0.15) is 0 Å². The van der Waals surface area contributed by atoms with Crippen LogP contribution in [-0.4, -0.2) is 18.1 Å². The van der Waals surface area contributed by atoms with E-state index in [1.807, 2.05) is 6.92 Å². The normalized spacial score (nSPS) is 23.2. The fourth-order valence-electron chi connectivity index (χ4n) is 0.973. The van der Waals surface area contributed by atoms with Gasteiger partial charge in [0.15, 0.2) is 6.10 Å². The highest BCUT2D eigenvalue weighted by Crippen LogP contribution is 2.09. The van der Waals surface area contributed by atoms with Crippen molar-refractivity contribution in [1.82, 2.24) is 5.32 Å². The summed E-state index contributed by atoms with van der Waals surface area (Å²) in [5.41, 5.74) is 0. The van der Waals surface area contributed by atoms with Gasteiger partial charge in [0.1, 0.15) is 0 Å². The minimum absolute atomic E-state index is 0.302. The van der Waals surface area contributed by atoms with Gasteiger partial charge in [-0.15, -0.1) is 0 Å². The summed E-state index contributed by atoms with van der Waals surface area (Å²) in [5.74, 6) is -0.302. The number of rotatable bonds is 3. The Labute approximate surface area is 64.9 Å². The SMILES string of the molecule is CCCC[C@@H]1OC(=O)NC1=O. The second-order valence-corrected chi connectivity index (χ2v) is 2.53. The van der Waals surface area contributed by atoms with Crippen molar-refractivity contribution < 1.29 is 14.3 Å². The topological polar surface area (TPSA) is 55.4 Å². The van der Waals surface area contributed by atoms with Gasteiger partial charge in [0, 0.05) is 0 Å². The van der Waals surface area contributed by atoms with E-state index < -0.39 is 12.2 Å². The molecule has 62 valence electrons. The lowest BCUT2D eigenvalue weighted by molar-refractivity contribution is -0.123. The zero-order chi connectivity index (χ0) is 8.27. The van der Waals surface area contributed by atoms with E-state index in [1.54, 1.807) is 0 Å². The fraction of sp³-hybridized carbons (Fsp3) is 0.714. The molecule has 0 bridgehead atoms. The molecule has 1 atom stereocenters. The lowest BCUT2D eigenvalue weighted by Crippen LogP contribution is -2.24. The van der Waals surface area contributed by atoms with E-state index >= 15 is 0 Å². The van der Waals surface area contributed by atoms with Crippen molar-refractivity contribution in [2.24, 2.45) is 0 Å². The largest absolute Gasteiger partial charge is 0.436 e. The molecule has 0 aliphatic carbocycles. The number of cyclic esters (lactones) is 1. The minimum Gasteiger partial charge on any atom is -0.436 e. The molecule has 1 rings (SSSR count). The number of hydrogen-bond acceptors (Lipinski definition) is 3. The van der Waals surface area contributed by atoms with Gasteiger partial charge < -0.3 is 4.74 Å². The monoisotopic (exact) mass is 157 g/mol. The van der Waals surface area contributed by atoms with Crippen LogP contribution in [0.2, 0.25) is 0 Å². The second kappa shape index (κ2) is 3.37. The number of unbranched alkanes of at least 4 members (excludes halogenated alkanes) is 1. The third-order valence-electron chi connectivity index (χ3n) is 1.59. The molecule has 1 saturated heterocycles. The van der Waals surface area contributed by atoms with Crippen LogP contribution in [0.4, 0.5) is 4.79 Å². The molecule has 0 saturated carbocycles. The molecule has 1 aliphatic heterocycles. The molecule has 0 aromatic carbocycles. The number of carbonyl (C=O) groups is 2. The molecular weight excluding hydrogens is 146 g/mol. The van der Waals surface area contributed by atoms with Crippen molar-refractivity contribution in [3.63, 3.8) is 0 Å². The van der Waals surface area contributed by atoms with Crippen LogP contribution in [0.15, 0.2) is 0 Å². The summed E-state index contributed by atoms with van der Waals surface area (Å²) in [6.45, 7) is 2.02. The maximum absolute atomic E-state index is 10.8. The van der Waals surface area contributed by atoms with Crippen LogP contribution < -0.4 is 5.32 Å². The van der Waals surface area contributed by atoms with Gasteiger partial charge in [0.2, 0.25) is 0 Å². The lowest BCUT2D eigenvalue weighted by Gasteiger charge is -2.02. The molecule has 4 heteroatoms. The van der Waals surface area contributed by atoms with E-state index in [4.69, 9.17) is 0 Å². The number of nitrogens with one attached hydrogen (secondary N) is 1. The molecule has 2 amide bonds. The van der Waals surface area contributed by atoms with Gasteiger partial charge in [0.25, 0.3) is 5.91 Å². The van der Waals surface area contributed by atoms with E-state index in [1.165, 1.54) is 0 Å². The molecule has 1 aliphatic rings. The smallest absolute Gasteiger partial charge is 0.414 e. The molecule has 1 N–H and O–H groups in total. The first-order valence-electron chi connectivity index (χ1n) is 3.75. The molecule has 0 radical (unpaired) electrons. The fourth-order valence-corrected chi connectivity index (χ4v) is 0.973. The highest BCUT2D eigenvalue weighted by Gasteiger charge is 2.30. The molecule has 1 fully saturated rings. The zero-order valence-corrected chi connectivity index (χ0v) is 6.42. The predicted octanol–water partition coefficient (Wildman–Crippen LogP) is 0.812. The zero-order valence-electron chi connectivity index (χ0n) is 6.42. The Kier molecular flexibility index (Phi) is 2.46. The van der Waals surface area contributed by atoms with Crippen LogP contribution in [0.1, 0.15) is 26.2 Å². The summed E-state index contributed by atoms with van der Waals surface area (Å²) >= 11 is 0. The van der Waals surface area contributed by atoms with E-state index in [9.17, 15) is 9.59 Å². The first-order valence-corrected chi connectivity index (χ1v) is 3.75.